The summed E-state index contributed by atoms with van der Waals surface area (Å²) in [6.45, 7) is 6.05. The van der Waals surface area contributed by atoms with Crippen LogP contribution >= 0.6 is 0 Å². The Morgan fingerprint density at radius 1 is 1.23 bits per heavy atom. The molecule has 0 saturated carbocycles. The molecule has 0 bridgehead atoms. The SMILES string of the molecule is Bc1ccc(CN(C(=O)CCCC)[C@H](C(=O)O)C(C)C)cc1. The Kier molecular flexibility index (Phi) is 7.16. The van der Waals surface area contributed by atoms with Crippen LogP contribution in [0.2, 0.25) is 0 Å². The fourth-order valence-electron chi connectivity index (χ4n) is 2.48. The largest absolute Gasteiger partial charge is 0.480 e. The predicted octanol–water partition coefficient (Wildman–Crippen LogP) is 1.57. The number of aliphatic carboxylic acids is 1. The van der Waals surface area contributed by atoms with E-state index in [0.29, 0.717) is 13.0 Å². The lowest BCUT2D eigenvalue weighted by Gasteiger charge is -2.32. The summed E-state index contributed by atoms with van der Waals surface area (Å²) in [7, 11) is 2.00. The number of hydrogen-bond acceptors (Lipinski definition) is 2. The molecule has 0 saturated heterocycles. The van der Waals surface area contributed by atoms with Gasteiger partial charge in [0.15, 0.2) is 0 Å². The monoisotopic (exact) mass is 303 g/mol. The molecule has 0 fully saturated rings. The summed E-state index contributed by atoms with van der Waals surface area (Å²) in [5.41, 5.74) is 2.11. The molecule has 0 aliphatic heterocycles. The van der Waals surface area contributed by atoms with Crippen LogP contribution in [0.15, 0.2) is 24.3 Å². The summed E-state index contributed by atoms with van der Waals surface area (Å²) in [5.74, 6) is -1.15. The van der Waals surface area contributed by atoms with E-state index in [2.05, 4.69) is 0 Å². The molecule has 1 rings (SSSR count). The van der Waals surface area contributed by atoms with Crippen LogP contribution < -0.4 is 5.46 Å². The van der Waals surface area contributed by atoms with Crippen molar-refractivity contribution in [3.8, 4) is 0 Å². The molecule has 1 aromatic carbocycles. The van der Waals surface area contributed by atoms with Crippen molar-refractivity contribution in [1.82, 2.24) is 4.90 Å². The van der Waals surface area contributed by atoms with Crippen LogP contribution in [0.3, 0.4) is 0 Å². The molecule has 0 aliphatic carbocycles. The zero-order chi connectivity index (χ0) is 16.7. The number of hydrogen-bond donors (Lipinski definition) is 1. The number of carboxylic acids is 1. The average molecular weight is 303 g/mol. The maximum Gasteiger partial charge on any atom is 0.326 e. The highest BCUT2D eigenvalue weighted by atomic mass is 16.4. The minimum absolute atomic E-state index is 0.0801. The Balaban J connectivity index is 3.01. The van der Waals surface area contributed by atoms with Crippen LogP contribution in [0.1, 0.15) is 45.6 Å². The third-order valence-corrected chi connectivity index (χ3v) is 3.76. The van der Waals surface area contributed by atoms with Crippen molar-refractivity contribution in [2.24, 2.45) is 5.92 Å². The molecule has 0 spiro atoms. The highest BCUT2D eigenvalue weighted by molar-refractivity contribution is 6.32. The van der Waals surface area contributed by atoms with E-state index in [9.17, 15) is 14.7 Å². The van der Waals surface area contributed by atoms with Crippen LogP contribution in [-0.2, 0) is 16.1 Å². The van der Waals surface area contributed by atoms with E-state index in [-0.39, 0.29) is 11.8 Å². The van der Waals surface area contributed by atoms with Gasteiger partial charge >= 0.3 is 5.97 Å². The third kappa shape index (κ3) is 5.21. The van der Waals surface area contributed by atoms with E-state index >= 15 is 0 Å². The molecule has 0 radical (unpaired) electrons. The Bertz CT molecular complexity index is 499. The number of benzene rings is 1. The maximum absolute atomic E-state index is 12.5. The quantitative estimate of drug-likeness (QED) is 0.742. The van der Waals surface area contributed by atoms with Gasteiger partial charge in [-0.1, -0.05) is 56.9 Å². The Hall–Kier alpha value is -1.78. The molecule has 22 heavy (non-hydrogen) atoms. The number of unbranched alkanes of at least 4 members (excludes halogenated alkanes) is 1. The molecular formula is C17H26BNO3. The number of nitrogens with zero attached hydrogens (tertiary/aromatic N) is 1. The van der Waals surface area contributed by atoms with E-state index in [1.54, 1.807) is 0 Å². The lowest BCUT2D eigenvalue weighted by Crippen LogP contribution is -2.47. The Morgan fingerprint density at radius 2 is 1.82 bits per heavy atom. The molecule has 1 N–H and O–H groups in total. The van der Waals surface area contributed by atoms with Crippen LogP contribution in [0.4, 0.5) is 0 Å². The first kappa shape index (κ1) is 18.3. The van der Waals surface area contributed by atoms with Crippen LogP contribution in [0.25, 0.3) is 0 Å². The molecule has 4 nitrogen and oxygen atoms in total. The van der Waals surface area contributed by atoms with Gasteiger partial charge in [-0.15, -0.1) is 0 Å². The van der Waals surface area contributed by atoms with Crippen LogP contribution in [0.5, 0.6) is 0 Å². The van der Waals surface area contributed by atoms with Crippen molar-refractivity contribution in [2.45, 2.75) is 52.6 Å². The molecular weight excluding hydrogens is 277 g/mol. The summed E-state index contributed by atoms with van der Waals surface area (Å²) >= 11 is 0. The topological polar surface area (TPSA) is 57.6 Å². The van der Waals surface area contributed by atoms with Crippen LogP contribution in [0, 0.1) is 5.92 Å². The van der Waals surface area contributed by atoms with E-state index < -0.39 is 12.0 Å². The second-order valence-corrected chi connectivity index (χ2v) is 6.14. The second-order valence-electron chi connectivity index (χ2n) is 6.14. The highest BCUT2D eigenvalue weighted by Crippen LogP contribution is 2.17. The summed E-state index contributed by atoms with van der Waals surface area (Å²) in [5, 5.41) is 9.52. The lowest BCUT2D eigenvalue weighted by molar-refractivity contribution is -0.153. The molecule has 0 aliphatic rings. The fourth-order valence-corrected chi connectivity index (χ4v) is 2.48. The molecule has 0 heterocycles. The zero-order valence-electron chi connectivity index (χ0n) is 14.0. The number of carbonyl (C=O) groups is 2. The van der Waals surface area contributed by atoms with Gasteiger partial charge in [0.25, 0.3) is 0 Å². The van der Waals surface area contributed by atoms with E-state index in [0.717, 1.165) is 23.9 Å². The lowest BCUT2D eigenvalue weighted by atomic mass is 9.95. The van der Waals surface area contributed by atoms with E-state index in [1.807, 2.05) is 52.9 Å². The molecule has 1 amide bonds. The number of rotatable bonds is 8. The summed E-state index contributed by atoms with van der Waals surface area (Å²) < 4.78 is 0. The average Bonchev–Trinajstić information content (AvgIpc) is 2.45. The molecule has 5 heteroatoms. The van der Waals surface area contributed by atoms with Gasteiger partial charge in [-0.25, -0.2) is 4.79 Å². The fraction of sp³-hybridized carbons (Fsp3) is 0.529. The highest BCUT2D eigenvalue weighted by Gasteiger charge is 2.31. The minimum atomic E-state index is -0.938. The predicted molar refractivity (Wildman–Crippen MR) is 91.0 cm³/mol. The summed E-state index contributed by atoms with van der Waals surface area (Å²) in [6.07, 6.45) is 2.11. The minimum Gasteiger partial charge on any atom is -0.480 e. The number of amides is 1. The van der Waals surface area contributed by atoms with Gasteiger partial charge in [-0.05, 0) is 17.9 Å². The van der Waals surface area contributed by atoms with Crippen molar-refractivity contribution >= 4 is 25.2 Å². The zero-order valence-corrected chi connectivity index (χ0v) is 14.0. The smallest absolute Gasteiger partial charge is 0.326 e. The Labute approximate surface area is 133 Å². The van der Waals surface area contributed by atoms with Crippen molar-refractivity contribution in [3.63, 3.8) is 0 Å². The van der Waals surface area contributed by atoms with Gasteiger partial charge in [-0.3, -0.25) is 4.79 Å². The normalized spacial score (nSPS) is 12.2. The molecule has 0 unspecified atom stereocenters. The van der Waals surface area contributed by atoms with Crippen molar-refractivity contribution < 1.29 is 14.7 Å². The number of carboxylic acid groups (broad SMARTS) is 1. The van der Waals surface area contributed by atoms with Gasteiger partial charge in [0, 0.05) is 13.0 Å². The second kappa shape index (κ2) is 8.62. The van der Waals surface area contributed by atoms with Gasteiger partial charge in [0.1, 0.15) is 13.9 Å². The van der Waals surface area contributed by atoms with Crippen molar-refractivity contribution in [1.29, 1.82) is 0 Å². The molecule has 1 atom stereocenters. The van der Waals surface area contributed by atoms with Crippen molar-refractivity contribution in [2.75, 3.05) is 0 Å². The standard InChI is InChI=1S/C17H26BNO3/c1-4-5-6-15(20)19(16(12(2)3)17(21)22)11-13-7-9-14(18)10-8-13/h7-10,12,16H,4-6,11,18H2,1-3H3,(H,21,22)/t16-/m0/s1. The molecule has 1 aromatic rings. The molecule has 120 valence electrons. The van der Waals surface area contributed by atoms with Crippen molar-refractivity contribution in [3.05, 3.63) is 29.8 Å². The number of carbonyl (C=O) groups excluding carboxylic acids is 1. The Morgan fingerprint density at radius 3 is 2.27 bits per heavy atom. The third-order valence-electron chi connectivity index (χ3n) is 3.76. The summed E-state index contributed by atoms with van der Waals surface area (Å²) in [4.78, 5) is 25.6. The van der Waals surface area contributed by atoms with E-state index in [4.69, 9.17) is 0 Å². The van der Waals surface area contributed by atoms with Gasteiger partial charge in [0.05, 0.1) is 0 Å². The maximum atomic E-state index is 12.5. The van der Waals surface area contributed by atoms with Crippen LogP contribution in [-0.4, -0.2) is 35.8 Å². The first-order valence-corrected chi connectivity index (χ1v) is 7.94. The summed E-state index contributed by atoms with van der Waals surface area (Å²) in [6, 6.07) is 7.08. The first-order chi connectivity index (χ1) is 10.4. The van der Waals surface area contributed by atoms with Gasteiger partial charge in [0.2, 0.25) is 5.91 Å². The van der Waals surface area contributed by atoms with E-state index in [1.165, 1.54) is 4.90 Å². The van der Waals surface area contributed by atoms with Gasteiger partial charge < -0.3 is 10.0 Å². The van der Waals surface area contributed by atoms with Gasteiger partial charge in [-0.2, -0.15) is 0 Å². The first-order valence-electron chi connectivity index (χ1n) is 7.94. The molecule has 0 aromatic heterocycles.